The number of alkyl halides is 3. The number of benzene rings is 2. The fourth-order valence-electron chi connectivity index (χ4n) is 2.45. The second kappa shape index (κ2) is 11.1. The molecule has 0 fully saturated rings. The van der Waals surface area contributed by atoms with Crippen LogP contribution in [0.25, 0.3) is 0 Å². The number of likely N-dealkylation sites (N-methyl/N-ethyl adjacent to an activating group) is 1. The highest BCUT2D eigenvalue weighted by atomic mass is 19.4. The maximum atomic E-state index is 12.6. The number of guanidine groups is 1. The van der Waals surface area contributed by atoms with E-state index in [0.717, 1.165) is 5.56 Å². The molecule has 10 heteroatoms. The molecule has 168 valence electrons. The highest BCUT2D eigenvalue weighted by Gasteiger charge is 2.31. The van der Waals surface area contributed by atoms with Crippen LogP contribution in [0.5, 0.6) is 11.5 Å². The van der Waals surface area contributed by atoms with Crippen LogP contribution in [0, 0.1) is 0 Å². The van der Waals surface area contributed by atoms with Crippen molar-refractivity contribution in [3.63, 3.8) is 0 Å². The van der Waals surface area contributed by atoms with Crippen LogP contribution in [0.15, 0.2) is 53.5 Å². The smallest absolute Gasteiger partial charge is 0.497 e. The first-order valence-corrected chi connectivity index (χ1v) is 9.37. The summed E-state index contributed by atoms with van der Waals surface area (Å²) in [5, 5.41) is 5.84. The lowest BCUT2D eigenvalue weighted by Crippen LogP contribution is -2.42. The molecule has 0 spiro atoms. The Bertz CT molecular complexity index is 884. The van der Waals surface area contributed by atoms with Gasteiger partial charge in [-0.2, -0.15) is 0 Å². The summed E-state index contributed by atoms with van der Waals surface area (Å²) in [7, 11) is 4.81. The molecule has 2 aromatic carbocycles. The van der Waals surface area contributed by atoms with Gasteiger partial charge in [-0.1, -0.05) is 30.3 Å². The number of aliphatic imine (C=N–C) groups is 1. The Morgan fingerprint density at radius 3 is 2.35 bits per heavy atom. The van der Waals surface area contributed by atoms with Crippen molar-refractivity contribution in [2.75, 3.05) is 27.7 Å². The zero-order valence-electron chi connectivity index (χ0n) is 17.5. The fourth-order valence-corrected chi connectivity index (χ4v) is 2.45. The van der Waals surface area contributed by atoms with E-state index >= 15 is 0 Å². The Hall–Kier alpha value is -3.43. The van der Waals surface area contributed by atoms with Gasteiger partial charge in [0.2, 0.25) is 5.91 Å². The molecule has 0 radical (unpaired) electrons. The van der Waals surface area contributed by atoms with Gasteiger partial charge in [-0.05, 0) is 23.8 Å². The third-order valence-electron chi connectivity index (χ3n) is 4.13. The summed E-state index contributed by atoms with van der Waals surface area (Å²) < 4.78 is 47.1. The van der Waals surface area contributed by atoms with Gasteiger partial charge >= 0.3 is 6.36 Å². The van der Waals surface area contributed by atoms with Crippen molar-refractivity contribution < 1.29 is 27.4 Å². The number of methoxy groups -OCH3 is 1. The van der Waals surface area contributed by atoms with Crippen LogP contribution in [0.2, 0.25) is 0 Å². The normalized spacial score (nSPS) is 11.6. The molecule has 0 atom stereocenters. The van der Waals surface area contributed by atoms with E-state index in [-0.39, 0.29) is 42.8 Å². The Kier molecular flexibility index (Phi) is 8.53. The van der Waals surface area contributed by atoms with E-state index in [1.165, 1.54) is 23.1 Å². The van der Waals surface area contributed by atoms with Crippen LogP contribution in [-0.4, -0.2) is 50.9 Å². The van der Waals surface area contributed by atoms with Crippen molar-refractivity contribution in [3.05, 3.63) is 59.7 Å². The number of carbonyl (C=O) groups excluding carboxylic acids is 1. The Morgan fingerprint density at radius 1 is 1.06 bits per heavy atom. The van der Waals surface area contributed by atoms with Crippen LogP contribution in [0.1, 0.15) is 11.1 Å². The SMILES string of the molecule is COc1ccc(CN=C(NCC(=O)N(C)C)NCc2ccccc2OC(F)(F)F)cc1. The van der Waals surface area contributed by atoms with E-state index < -0.39 is 6.36 Å². The number of halogens is 3. The first kappa shape index (κ1) is 23.8. The number of nitrogens with zero attached hydrogens (tertiary/aromatic N) is 2. The van der Waals surface area contributed by atoms with Gasteiger partial charge < -0.3 is 25.0 Å². The van der Waals surface area contributed by atoms with Gasteiger partial charge in [0.05, 0.1) is 20.2 Å². The van der Waals surface area contributed by atoms with Gasteiger partial charge in [0.1, 0.15) is 11.5 Å². The number of amides is 1. The van der Waals surface area contributed by atoms with Crippen molar-refractivity contribution in [1.29, 1.82) is 0 Å². The van der Waals surface area contributed by atoms with Crippen molar-refractivity contribution in [1.82, 2.24) is 15.5 Å². The van der Waals surface area contributed by atoms with E-state index in [1.54, 1.807) is 39.4 Å². The lowest BCUT2D eigenvalue weighted by Gasteiger charge is -2.17. The lowest BCUT2D eigenvalue weighted by molar-refractivity contribution is -0.274. The van der Waals surface area contributed by atoms with Crippen LogP contribution in [0.3, 0.4) is 0 Å². The Labute approximate surface area is 178 Å². The van der Waals surface area contributed by atoms with Gasteiger partial charge in [0.15, 0.2) is 5.96 Å². The number of ether oxygens (including phenoxy) is 2. The Balaban J connectivity index is 2.12. The predicted molar refractivity (Wildman–Crippen MR) is 111 cm³/mol. The predicted octanol–water partition coefficient (Wildman–Crippen LogP) is 2.92. The van der Waals surface area contributed by atoms with Crippen molar-refractivity contribution in [2.24, 2.45) is 4.99 Å². The molecular formula is C21H25F3N4O3. The molecule has 2 rings (SSSR count). The molecule has 0 aliphatic carbocycles. The van der Waals surface area contributed by atoms with Gasteiger partial charge in [0.25, 0.3) is 0 Å². The maximum absolute atomic E-state index is 12.6. The first-order chi connectivity index (χ1) is 14.7. The van der Waals surface area contributed by atoms with E-state index in [0.29, 0.717) is 5.75 Å². The second-order valence-electron chi connectivity index (χ2n) is 6.66. The largest absolute Gasteiger partial charge is 0.573 e. The molecule has 0 heterocycles. The van der Waals surface area contributed by atoms with Crippen LogP contribution in [-0.2, 0) is 17.9 Å². The standard InChI is InChI=1S/C21H25F3N4O3/c1-28(2)19(29)14-27-20(25-12-15-8-10-17(30-3)11-9-15)26-13-16-6-4-5-7-18(16)31-21(22,23)24/h4-11H,12-14H2,1-3H3,(H2,25,26,27). The number of hydrogen-bond donors (Lipinski definition) is 2. The van der Waals surface area contributed by atoms with Gasteiger partial charge in [-0.25, -0.2) is 4.99 Å². The Morgan fingerprint density at radius 2 is 1.74 bits per heavy atom. The molecule has 0 saturated heterocycles. The van der Waals surface area contributed by atoms with Crippen molar-refractivity contribution in [3.8, 4) is 11.5 Å². The van der Waals surface area contributed by atoms with Crippen LogP contribution >= 0.6 is 0 Å². The molecule has 1 amide bonds. The zero-order chi connectivity index (χ0) is 22.9. The second-order valence-corrected chi connectivity index (χ2v) is 6.66. The third kappa shape index (κ3) is 8.45. The quantitative estimate of drug-likeness (QED) is 0.490. The summed E-state index contributed by atoms with van der Waals surface area (Å²) in [6, 6.07) is 13.1. The highest BCUT2D eigenvalue weighted by Crippen LogP contribution is 2.26. The number of carbonyl (C=O) groups is 1. The maximum Gasteiger partial charge on any atom is 0.573 e. The molecule has 0 unspecified atom stereocenters. The average molecular weight is 438 g/mol. The van der Waals surface area contributed by atoms with Gasteiger partial charge in [-0.15, -0.1) is 13.2 Å². The van der Waals surface area contributed by atoms with Crippen molar-refractivity contribution in [2.45, 2.75) is 19.5 Å². The number of nitrogens with one attached hydrogen (secondary N) is 2. The summed E-state index contributed by atoms with van der Waals surface area (Å²) in [6.45, 7) is 0.273. The molecular weight excluding hydrogens is 413 g/mol. The molecule has 0 aliphatic heterocycles. The molecule has 0 bridgehead atoms. The summed E-state index contributed by atoms with van der Waals surface area (Å²) >= 11 is 0. The minimum Gasteiger partial charge on any atom is -0.497 e. The third-order valence-corrected chi connectivity index (χ3v) is 4.13. The zero-order valence-corrected chi connectivity index (χ0v) is 17.5. The first-order valence-electron chi connectivity index (χ1n) is 9.37. The summed E-state index contributed by atoms with van der Waals surface area (Å²) in [4.78, 5) is 17.7. The van der Waals surface area contributed by atoms with E-state index in [4.69, 9.17) is 4.74 Å². The monoisotopic (exact) mass is 438 g/mol. The summed E-state index contributed by atoms with van der Waals surface area (Å²) in [6.07, 6.45) is -4.79. The van der Waals surface area contributed by atoms with Gasteiger partial charge in [-0.3, -0.25) is 4.79 Å². The molecule has 31 heavy (non-hydrogen) atoms. The molecule has 2 N–H and O–H groups in total. The van der Waals surface area contributed by atoms with Crippen LogP contribution in [0.4, 0.5) is 13.2 Å². The topological polar surface area (TPSA) is 75.2 Å². The number of hydrogen-bond acceptors (Lipinski definition) is 4. The average Bonchev–Trinajstić information content (AvgIpc) is 2.73. The highest BCUT2D eigenvalue weighted by molar-refractivity contribution is 5.86. The minimum absolute atomic E-state index is 0.0108. The molecule has 2 aromatic rings. The van der Waals surface area contributed by atoms with E-state index in [2.05, 4.69) is 20.4 Å². The molecule has 0 saturated carbocycles. The lowest BCUT2D eigenvalue weighted by atomic mass is 10.2. The van der Waals surface area contributed by atoms with Gasteiger partial charge in [0, 0.05) is 26.2 Å². The van der Waals surface area contributed by atoms with Crippen LogP contribution < -0.4 is 20.1 Å². The number of para-hydroxylation sites is 1. The molecule has 0 aliphatic rings. The fraction of sp³-hybridized carbons (Fsp3) is 0.333. The van der Waals surface area contributed by atoms with E-state index in [9.17, 15) is 18.0 Å². The van der Waals surface area contributed by atoms with E-state index in [1.807, 2.05) is 12.1 Å². The molecule has 0 aromatic heterocycles. The molecule has 7 nitrogen and oxygen atoms in total. The number of rotatable bonds is 8. The summed E-state index contributed by atoms with van der Waals surface area (Å²) in [5.74, 6) is 0.496. The minimum atomic E-state index is -4.79. The van der Waals surface area contributed by atoms with Crippen molar-refractivity contribution >= 4 is 11.9 Å². The summed E-state index contributed by atoms with van der Waals surface area (Å²) in [5.41, 5.74) is 1.18.